The predicted octanol–water partition coefficient (Wildman–Crippen LogP) is 2.65. The fourth-order valence-electron chi connectivity index (χ4n) is 3.46. The average Bonchev–Trinajstić information content (AvgIpc) is 3.24. The van der Waals surface area contributed by atoms with Gasteiger partial charge in [-0.3, -0.25) is 10.1 Å². The number of rotatable bonds is 7. The zero-order valence-corrected chi connectivity index (χ0v) is 15.4. The maximum Gasteiger partial charge on any atom is 0.353 e. The Morgan fingerprint density at radius 2 is 2.07 bits per heavy atom. The Labute approximate surface area is 162 Å². The van der Waals surface area contributed by atoms with E-state index in [1.165, 1.54) is 17.5 Å². The molecule has 28 heavy (non-hydrogen) atoms. The van der Waals surface area contributed by atoms with E-state index in [-0.39, 0.29) is 11.5 Å². The Morgan fingerprint density at radius 3 is 2.86 bits per heavy atom. The van der Waals surface area contributed by atoms with E-state index in [9.17, 15) is 10.1 Å². The van der Waals surface area contributed by atoms with Gasteiger partial charge < -0.3 is 14.8 Å². The zero-order chi connectivity index (χ0) is 19.3. The molecule has 9 nitrogen and oxygen atoms in total. The summed E-state index contributed by atoms with van der Waals surface area (Å²) in [5.41, 5.74) is 2.40. The van der Waals surface area contributed by atoms with Gasteiger partial charge >= 0.3 is 5.69 Å². The number of anilines is 2. The first-order valence-corrected chi connectivity index (χ1v) is 9.23. The van der Waals surface area contributed by atoms with Gasteiger partial charge in [-0.25, -0.2) is 15.0 Å². The molecule has 3 heterocycles. The minimum Gasteiger partial charge on any atom is -0.364 e. The quantitative estimate of drug-likeness (QED) is 0.382. The van der Waals surface area contributed by atoms with Crippen LogP contribution >= 0.6 is 0 Å². The molecular weight excluding hydrogens is 358 g/mol. The molecule has 9 heteroatoms. The van der Waals surface area contributed by atoms with E-state index in [4.69, 9.17) is 0 Å². The molecule has 0 spiro atoms. The van der Waals surface area contributed by atoms with Crippen molar-refractivity contribution in [1.29, 1.82) is 0 Å². The highest BCUT2D eigenvalue weighted by Gasteiger charge is 2.28. The molecule has 1 aliphatic rings. The number of aromatic nitrogens is 4. The molecule has 0 fully saturated rings. The van der Waals surface area contributed by atoms with Gasteiger partial charge in [-0.05, 0) is 24.0 Å². The summed E-state index contributed by atoms with van der Waals surface area (Å²) in [6.45, 7) is 2.64. The van der Waals surface area contributed by atoms with E-state index in [0.717, 1.165) is 19.4 Å². The van der Waals surface area contributed by atoms with Crippen LogP contribution in [0, 0.1) is 10.1 Å². The number of benzene rings is 1. The van der Waals surface area contributed by atoms with Gasteiger partial charge in [0, 0.05) is 38.6 Å². The summed E-state index contributed by atoms with van der Waals surface area (Å²) in [5.74, 6) is 0.631. The summed E-state index contributed by atoms with van der Waals surface area (Å²) in [7, 11) is 0. The summed E-state index contributed by atoms with van der Waals surface area (Å²) in [6, 6.07) is 8.18. The van der Waals surface area contributed by atoms with Crippen molar-refractivity contribution >= 4 is 17.3 Å². The molecule has 0 radical (unpaired) electrons. The van der Waals surface area contributed by atoms with Crippen molar-refractivity contribution in [3.8, 4) is 0 Å². The smallest absolute Gasteiger partial charge is 0.353 e. The van der Waals surface area contributed by atoms with E-state index in [1.807, 2.05) is 27.8 Å². The fourth-order valence-corrected chi connectivity index (χ4v) is 3.46. The molecule has 1 aliphatic heterocycles. The van der Waals surface area contributed by atoms with Crippen LogP contribution in [0.25, 0.3) is 0 Å². The van der Waals surface area contributed by atoms with Gasteiger partial charge in [0.05, 0.1) is 11.3 Å². The molecule has 0 unspecified atom stereocenters. The third-order valence-electron chi connectivity index (χ3n) is 4.86. The van der Waals surface area contributed by atoms with Crippen LogP contribution < -0.4 is 10.2 Å². The minimum absolute atomic E-state index is 0.0653. The van der Waals surface area contributed by atoms with E-state index in [2.05, 4.69) is 32.4 Å². The number of hydrogen-bond acceptors (Lipinski definition) is 7. The average molecular weight is 379 g/mol. The Balaban J connectivity index is 1.50. The van der Waals surface area contributed by atoms with Crippen molar-refractivity contribution in [3.63, 3.8) is 0 Å². The molecule has 0 saturated carbocycles. The number of aryl methyl sites for hydroxylation is 1. The highest BCUT2D eigenvalue weighted by atomic mass is 16.6. The predicted molar refractivity (Wildman–Crippen MR) is 105 cm³/mol. The summed E-state index contributed by atoms with van der Waals surface area (Å²) >= 11 is 0. The third-order valence-corrected chi connectivity index (χ3v) is 4.86. The normalized spacial score (nSPS) is 13.2. The Morgan fingerprint density at radius 1 is 1.21 bits per heavy atom. The standard InChI is InChI=1S/C19H21N7O2/c27-26(28)17-18(21-7-3-9-24-11-8-20-14-24)22-13-23-19(17)25-10-6-15-4-1-2-5-16(15)12-25/h1-2,4-5,8,11,13-14H,3,6-7,9-10,12H2,(H,21,22,23). The lowest BCUT2D eigenvalue weighted by Crippen LogP contribution is -2.31. The molecule has 1 aromatic carbocycles. The van der Waals surface area contributed by atoms with Crippen molar-refractivity contribution in [2.45, 2.75) is 25.9 Å². The maximum absolute atomic E-state index is 11.8. The van der Waals surface area contributed by atoms with E-state index >= 15 is 0 Å². The van der Waals surface area contributed by atoms with Crippen molar-refractivity contribution in [2.75, 3.05) is 23.3 Å². The molecule has 3 aromatic rings. The molecular formula is C19H21N7O2. The van der Waals surface area contributed by atoms with E-state index in [0.29, 0.717) is 25.5 Å². The number of nitrogens with one attached hydrogen (secondary N) is 1. The summed E-state index contributed by atoms with van der Waals surface area (Å²) in [5, 5.41) is 14.9. The van der Waals surface area contributed by atoms with Crippen LogP contribution in [0.5, 0.6) is 0 Å². The molecule has 0 bridgehead atoms. The Bertz CT molecular complexity index is 959. The first-order chi connectivity index (χ1) is 13.7. The van der Waals surface area contributed by atoms with Crippen molar-refractivity contribution in [3.05, 3.63) is 70.6 Å². The SMILES string of the molecule is O=[N+]([O-])c1c(NCCCn2ccnc2)ncnc1N1CCc2ccccc2C1. The van der Waals surface area contributed by atoms with E-state index in [1.54, 1.807) is 12.5 Å². The van der Waals surface area contributed by atoms with Gasteiger partial charge in [-0.15, -0.1) is 0 Å². The third kappa shape index (κ3) is 3.78. The second-order valence-corrected chi connectivity index (χ2v) is 6.67. The Hall–Kier alpha value is -3.49. The summed E-state index contributed by atoms with van der Waals surface area (Å²) in [4.78, 5) is 25.7. The lowest BCUT2D eigenvalue weighted by molar-refractivity contribution is -0.383. The maximum atomic E-state index is 11.8. The van der Waals surface area contributed by atoms with Crippen LogP contribution in [-0.2, 0) is 19.5 Å². The van der Waals surface area contributed by atoms with Crippen LogP contribution in [0.2, 0.25) is 0 Å². The van der Waals surface area contributed by atoms with Crippen LogP contribution in [0.4, 0.5) is 17.3 Å². The highest BCUT2D eigenvalue weighted by Crippen LogP contribution is 2.34. The lowest BCUT2D eigenvalue weighted by atomic mass is 10.00. The van der Waals surface area contributed by atoms with Crippen molar-refractivity contribution in [1.82, 2.24) is 19.5 Å². The monoisotopic (exact) mass is 379 g/mol. The number of hydrogen-bond donors (Lipinski definition) is 1. The second kappa shape index (κ2) is 8.03. The molecule has 144 valence electrons. The van der Waals surface area contributed by atoms with Crippen LogP contribution in [-0.4, -0.2) is 37.5 Å². The van der Waals surface area contributed by atoms with Gasteiger partial charge in [-0.1, -0.05) is 24.3 Å². The molecule has 2 aromatic heterocycles. The molecule has 1 N–H and O–H groups in total. The van der Waals surface area contributed by atoms with Gasteiger partial charge in [0.2, 0.25) is 11.6 Å². The first-order valence-electron chi connectivity index (χ1n) is 9.23. The molecule has 4 rings (SSSR count). The van der Waals surface area contributed by atoms with Gasteiger partial charge in [0.15, 0.2) is 0 Å². The number of imidazole rings is 1. The van der Waals surface area contributed by atoms with Gasteiger partial charge in [0.25, 0.3) is 0 Å². The summed E-state index contributed by atoms with van der Waals surface area (Å²) in [6.07, 6.45) is 8.39. The number of nitrogens with zero attached hydrogens (tertiary/aromatic N) is 6. The van der Waals surface area contributed by atoms with Crippen molar-refractivity contribution < 1.29 is 4.92 Å². The molecule has 0 aliphatic carbocycles. The van der Waals surface area contributed by atoms with Crippen LogP contribution in [0.3, 0.4) is 0 Å². The summed E-state index contributed by atoms with van der Waals surface area (Å²) < 4.78 is 1.96. The van der Waals surface area contributed by atoms with Gasteiger partial charge in [-0.2, -0.15) is 0 Å². The topological polar surface area (TPSA) is 102 Å². The molecule has 0 saturated heterocycles. The molecule has 0 atom stereocenters. The first kappa shape index (κ1) is 17.9. The fraction of sp³-hybridized carbons (Fsp3) is 0.316. The highest BCUT2D eigenvalue weighted by molar-refractivity contribution is 5.70. The van der Waals surface area contributed by atoms with Crippen molar-refractivity contribution in [2.24, 2.45) is 0 Å². The van der Waals surface area contributed by atoms with Crippen LogP contribution in [0.1, 0.15) is 17.5 Å². The zero-order valence-electron chi connectivity index (χ0n) is 15.4. The largest absolute Gasteiger partial charge is 0.364 e. The minimum atomic E-state index is -0.395. The Kier molecular flexibility index (Phi) is 5.14. The van der Waals surface area contributed by atoms with E-state index < -0.39 is 4.92 Å². The van der Waals surface area contributed by atoms with Gasteiger partial charge in [0.1, 0.15) is 6.33 Å². The van der Waals surface area contributed by atoms with Crippen LogP contribution in [0.15, 0.2) is 49.3 Å². The lowest BCUT2D eigenvalue weighted by Gasteiger charge is -2.29. The molecule has 0 amide bonds. The number of fused-ring (bicyclic) bond motifs is 1. The number of nitro groups is 1. The second-order valence-electron chi connectivity index (χ2n) is 6.67.